The van der Waals surface area contributed by atoms with Crippen LogP contribution in [0.5, 0.6) is 0 Å². The normalized spacial score (nSPS) is 24.5. The van der Waals surface area contributed by atoms with Gasteiger partial charge in [0, 0.05) is 49.7 Å². The van der Waals surface area contributed by atoms with Crippen LogP contribution in [0.25, 0.3) is 0 Å². The third-order valence-electron chi connectivity index (χ3n) is 3.24. The Kier molecular flexibility index (Phi) is 4.32. The van der Waals surface area contributed by atoms with E-state index in [2.05, 4.69) is 34.4 Å². The van der Waals surface area contributed by atoms with Gasteiger partial charge in [-0.2, -0.15) is 0 Å². The van der Waals surface area contributed by atoms with E-state index in [-0.39, 0.29) is 0 Å². The van der Waals surface area contributed by atoms with Crippen molar-refractivity contribution in [1.29, 1.82) is 0 Å². The zero-order chi connectivity index (χ0) is 11.4. The van der Waals surface area contributed by atoms with Gasteiger partial charge in [-0.15, -0.1) is 11.3 Å². The van der Waals surface area contributed by atoms with E-state index in [0.717, 1.165) is 13.1 Å². The molecule has 0 aromatic carbocycles. The molecule has 0 amide bonds. The summed E-state index contributed by atoms with van der Waals surface area (Å²) in [5.41, 5.74) is 0. The fourth-order valence-electron chi connectivity index (χ4n) is 2.28. The third kappa shape index (κ3) is 3.03. The van der Waals surface area contributed by atoms with E-state index < -0.39 is 0 Å². The van der Waals surface area contributed by atoms with Crippen molar-refractivity contribution in [2.24, 2.45) is 0 Å². The topological polar surface area (TPSA) is 28.2 Å². The van der Waals surface area contributed by atoms with Crippen LogP contribution in [0.4, 0.5) is 0 Å². The molecule has 1 aliphatic heterocycles. The van der Waals surface area contributed by atoms with E-state index in [1.54, 1.807) is 11.3 Å². The van der Waals surface area contributed by atoms with E-state index in [1.165, 1.54) is 24.5 Å². The van der Waals surface area contributed by atoms with Gasteiger partial charge in [0.2, 0.25) is 0 Å². The van der Waals surface area contributed by atoms with Gasteiger partial charge < -0.3 is 5.32 Å². The van der Waals surface area contributed by atoms with Gasteiger partial charge in [0.1, 0.15) is 0 Å². The van der Waals surface area contributed by atoms with Crippen LogP contribution in [-0.2, 0) is 0 Å². The molecule has 3 nitrogen and oxygen atoms in total. The Labute approximate surface area is 102 Å². The molecule has 0 radical (unpaired) electrons. The highest BCUT2D eigenvalue weighted by Gasteiger charge is 2.20. The summed E-state index contributed by atoms with van der Waals surface area (Å²) in [6.07, 6.45) is 3.13. The van der Waals surface area contributed by atoms with Gasteiger partial charge in [0.15, 0.2) is 0 Å². The van der Waals surface area contributed by atoms with Crippen LogP contribution in [0.2, 0.25) is 0 Å². The SMILES string of the molecule is CCC1CN(CC(C)c2nccs2)CCN1. The maximum Gasteiger partial charge on any atom is 0.0965 e. The maximum absolute atomic E-state index is 4.40. The smallest absolute Gasteiger partial charge is 0.0965 e. The Balaban J connectivity index is 1.84. The minimum Gasteiger partial charge on any atom is -0.311 e. The van der Waals surface area contributed by atoms with Crippen LogP contribution in [0.3, 0.4) is 0 Å². The van der Waals surface area contributed by atoms with Crippen molar-refractivity contribution in [3.05, 3.63) is 16.6 Å². The monoisotopic (exact) mass is 239 g/mol. The molecule has 1 saturated heterocycles. The first-order valence-corrected chi connectivity index (χ1v) is 7.02. The van der Waals surface area contributed by atoms with Crippen molar-refractivity contribution in [2.45, 2.75) is 32.2 Å². The van der Waals surface area contributed by atoms with Gasteiger partial charge in [-0.05, 0) is 6.42 Å². The van der Waals surface area contributed by atoms with Crippen molar-refractivity contribution >= 4 is 11.3 Å². The standard InChI is InChI=1S/C12H21N3S/c1-3-11-9-15(6-4-13-11)8-10(2)12-14-5-7-16-12/h5,7,10-11,13H,3-4,6,8-9H2,1-2H3. The number of nitrogens with one attached hydrogen (secondary N) is 1. The molecule has 0 saturated carbocycles. The lowest BCUT2D eigenvalue weighted by Gasteiger charge is -2.34. The molecule has 2 heterocycles. The summed E-state index contributed by atoms with van der Waals surface area (Å²) in [7, 11) is 0. The Hall–Kier alpha value is -0.450. The molecule has 1 N–H and O–H groups in total. The van der Waals surface area contributed by atoms with E-state index in [4.69, 9.17) is 0 Å². The number of thiazole rings is 1. The predicted molar refractivity (Wildman–Crippen MR) is 69.1 cm³/mol. The highest BCUT2D eigenvalue weighted by atomic mass is 32.1. The molecule has 0 aliphatic carbocycles. The summed E-state index contributed by atoms with van der Waals surface area (Å²) in [5.74, 6) is 0.565. The highest BCUT2D eigenvalue weighted by Crippen LogP contribution is 2.19. The van der Waals surface area contributed by atoms with E-state index in [0.29, 0.717) is 12.0 Å². The fraction of sp³-hybridized carbons (Fsp3) is 0.750. The fourth-order valence-corrected chi connectivity index (χ4v) is 2.97. The predicted octanol–water partition coefficient (Wildman–Crippen LogP) is 1.93. The molecule has 1 aliphatic rings. The second-order valence-electron chi connectivity index (χ2n) is 4.59. The van der Waals surface area contributed by atoms with Gasteiger partial charge in [0.05, 0.1) is 5.01 Å². The zero-order valence-corrected chi connectivity index (χ0v) is 11.0. The number of aromatic nitrogens is 1. The van der Waals surface area contributed by atoms with E-state index >= 15 is 0 Å². The molecular formula is C12H21N3S. The molecule has 2 unspecified atom stereocenters. The molecule has 0 bridgehead atoms. The molecule has 0 spiro atoms. The summed E-state index contributed by atoms with van der Waals surface area (Å²) in [5, 5.41) is 6.89. The van der Waals surface area contributed by atoms with Crippen LogP contribution < -0.4 is 5.32 Å². The van der Waals surface area contributed by atoms with Crippen molar-refractivity contribution in [1.82, 2.24) is 15.2 Å². The summed E-state index contributed by atoms with van der Waals surface area (Å²) < 4.78 is 0. The molecule has 1 aromatic heterocycles. The van der Waals surface area contributed by atoms with Crippen molar-refractivity contribution in [2.75, 3.05) is 26.2 Å². The Morgan fingerprint density at radius 1 is 1.69 bits per heavy atom. The molecule has 2 rings (SSSR count). The molecule has 90 valence electrons. The van der Waals surface area contributed by atoms with Crippen LogP contribution >= 0.6 is 11.3 Å². The highest BCUT2D eigenvalue weighted by molar-refractivity contribution is 7.09. The van der Waals surface area contributed by atoms with E-state index in [9.17, 15) is 0 Å². The first kappa shape index (κ1) is 12.0. The summed E-state index contributed by atoms with van der Waals surface area (Å²) in [6, 6.07) is 0.678. The van der Waals surface area contributed by atoms with Gasteiger partial charge in [-0.1, -0.05) is 13.8 Å². The van der Waals surface area contributed by atoms with Crippen molar-refractivity contribution < 1.29 is 0 Å². The van der Waals surface area contributed by atoms with Crippen molar-refractivity contribution in [3.8, 4) is 0 Å². The largest absolute Gasteiger partial charge is 0.311 e. The molecule has 1 aromatic rings. The zero-order valence-electron chi connectivity index (χ0n) is 10.1. The first-order valence-electron chi connectivity index (χ1n) is 6.14. The van der Waals surface area contributed by atoms with Gasteiger partial charge in [0.25, 0.3) is 0 Å². The van der Waals surface area contributed by atoms with E-state index in [1.807, 2.05) is 6.20 Å². The van der Waals surface area contributed by atoms with Crippen LogP contribution in [-0.4, -0.2) is 42.1 Å². The van der Waals surface area contributed by atoms with Crippen LogP contribution in [0.1, 0.15) is 31.2 Å². The summed E-state index contributed by atoms with van der Waals surface area (Å²) >= 11 is 1.77. The lowest BCUT2D eigenvalue weighted by molar-refractivity contribution is 0.189. The lowest BCUT2D eigenvalue weighted by atomic mass is 10.1. The average Bonchev–Trinajstić information content (AvgIpc) is 2.83. The second-order valence-corrected chi connectivity index (χ2v) is 5.52. The quantitative estimate of drug-likeness (QED) is 0.870. The Morgan fingerprint density at radius 3 is 3.25 bits per heavy atom. The van der Waals surface area contributed by atoms with Crippen LogP contribution in [0, 0.1) is 0 Å². The summed E-state index contributed by atoms with van der Waals surface area (Å²) in [4.78, 5) is 6.96. The summed E-state index contributed by atoms with van der Waals surface area (Å²) in [6.45, 7) is 9.17. The molecule has 16 heavy (non-hydrogen) atoms. The second kappa shape index (κ2) is 5.75. The third-order valence-corrected chi connectivity index (χ3v) is 4.24. The van der Waals surface area contributed by atoms with Crippen molar-refractivity contribution in [3.63, 3.8) is 0 Å². The van der Waals surface area contributed by atoms with Gasteiger partial charge in [-0.25, -0.2) is 4.98 Å². The average molecular weight is 239 g/mol. The number of piperazine rings is 1. The van der Waals surface area contributed by atoms with Gasteiger partial charge >= 0.3 is 0 Å². The maximum atomic E-state index is 4.40. The first-order chi connectivity index (χ1) is 7.79. The van der Waals surface area contributed by atoms with Gasteiger partial charge in [-0.3, -0.25) is 4.90 Å². The molecule has 4 heteroatoms. The minimum absolute atomic E-state index is 0.565. The molecular weight excluding hydrogens is 218 g/mol. The Bertz CT molecular complexity index is 299. The molecule has 1 fully saturated rings. The number of rotatable bonds is 4. The number of hydrogen-bond donors (Lipinski definition) is 1. The lowest BCUT2D eigenvalue weighted by Crippen LogP contribution is -2.51. The number of hydrogen-bond acceptors (Lipinski definition) is 4. The minimum atomic E-state index is 0.565. The Morgan fingerprint density at radius 2 is 2.56 bits per heavy atom. The molecule has 2 atom stereocenters. The van der Waals surface area contributed by atoms with Crippen LogP contribution in [0.15, 0.2) is 11.6 Å². The number of nitrogens with zero attached hydrogens (tertiary/aromatic N) is 2.